The van der Waals surface area contributed by atoms with E-state index in [2.05, 4.69) is 15.1 Å². The standard InChI is InChI=1S/C14H18N4OS/c19-14-11-8-15-18(10-3-5-20-6-4-10)13(11)16-12(17-14)7-9-1-2-9/h8-10H,1-7H2,(H,16,17,19). The second kappa shape index (κ2) is 4.91. The number of fused-ring (bicyclic) bond motifs is 1. The SMILES string of the molecule is O=c1[nH]c(CC2CC2)nc2c1cnn2C1CCSCC1. The maximum Gasteiger partial charge on any atom is 0.262 e. The number of H-pyrrole nitrogens is 1. The third-order valence-electron chi connectivity index (χ3n) is 4.23. The van der Waals surface area contributed by atoms with Crippen molar-refractivity contribution in [1.82, 2.24) is 19.7 Å². The highest BCUT2D eigenvalue weighted by Crippen LogP contribution is 2.32. The maximum absolute atomic E-state index is 12.1. The van der Waals surface area contributed by atoms with Crippen molar-refractivity contribution in [1.29, 1.82) is 0 Å². The Labute approximate surface area is 121 Å². The van der Waals surface area contributed by atoms with Gasteiger partial charge < -0.3 is 4.98 Å². The van der Waals surface area contributed by atoms with Crippen molar-refractivity contribution in [3.8, 4) is 0 Å². The first-order valence-electron chi connectivity index (χ1n) is 7.35. The monoisotopic (exact) mass is 290 g/mol. The Kier molecular flexibility index (Phi) is 3.06. The highest BCUT2D eigenvalue weighted by atomic mass is 32.2. The highest BCUT2D eigenvalue weighted by molar-refractivity contribution is 7.99. The Bertz CT molecular complexity index is 682. The van der Waals surface area contributed by atoms with E-state index in [0.717, 1.165) is 36.7 Å². The van der Waals surface area contributed by atoms with Crippen molar-refractivity contribution < 1.29 is 0 Å². The van der Waals surface area contributed by atoms with Crippen LogP contribution in [0.25, 0.3) is 11.0 Å². The predicted molar refractivity (Wildman–Crippen MR) is 80.2 cm³/mol. The molecule has 0 radical (unpaired) electrons. The highest BCUT2D eigenvalue weighted by Gasteiger charge is 2.24. The normalized spacial score (nSPS) is 20.6. The van der Waals surface area contributed by atoms with Gasteiger partial charge >= 0.3 is 0 Å². The Morgan fingerprint density at radius 3 is 2.85 bits per heavy atom. The first-order chi connectivity index (χ1) is 9.81. The van der Waals surface area contributed by atoms with Gasteiger partial charge in [0.25, 0.3) is 5.56 Å². The number of hydrogen-bond acceptors (Lipinski definition) is 4. The van der Waals surface area contributed by atoms with Crippen molar-refractivity contribution in [3.05, 3.63) is 22.4 Å². The summed E-state index contributed by atoms with van der Waals surface area (Å²) in [6.07, 6.45) is 7.34. The van der Waals surface area contributed by atoms with Gasteiger partial charge in [0.05, 0.1) is 12.2 Å². The molecule has 0 unspecified atom stereocenters. The molecule has 6 heteroatoms. The van der Waals surface area contributed by atoms with Gasteiger partial charge in [0.15, 0.2) is 5.65 Å². The summed E-state index contributed by atoms with van der Waals surface area (Å²) in [6, 6.07) is 0.400. The molecule has 1 N–H and O–H groups in total. The summed E-state index contributed by atoms with van der Waals surface area (Å²) in [5.41, 5.74) is 0.739. The first kappa shape index (κ1) is 12.4. The third kappa shape index (κ3) is 2.26. The number of nitrogens with zero attached hydrogens (tertiary/aromatic N) is 3. The summed E-state index contributed by atoms with van der Waals surface area (Å²) in [5.74, 6) is 3.89. The summed E-state index contributed by atoms with van der Waals surface area (Å²) in [6.45, 7) is 0. The Hall–Kier alpha value is -1.30. The fourth-order valence-electron chi connectivity index (χ4n) is 2.87. The van der Waals surface area contributed by atoms with Crippen LogP contribution in [-0.2, 0) is 6.42 Å². The molecule has 0 amide bonds. The van der Waals surface area contributed by atoms with E-state index >= 15 is 0 Å². The number of aromatic nitrogens is 4. The van der Waals surface area contributed by atoms with Crippen LogP contribution in [0.2, 0.25) is 0 Å². The molecule has 2 fully saturated rings. The molecule has 1 saturated carbocycles. The van der Waals surface area contributed by atoms with Crippen molar-refractivity contribution in [2.45, 2.75) is 38.1 Å². The molecule has 5 nitrogen and oxygen atoms in total. The van der Waals surface area contributed by atoms with E-state index in [1.807, 2.05) is 16.4 Å². The maximum atomic E-state index is 12.1. The fourth-order valence-corrected chi connectivity index (χ4v) is 3.95. The predicted octanol–water partition coefficient (Wildman–Crippen LogP) is 2.14. The van der Waals surface area contributed by atoms with Crippen molar-refractivity contribution in [3.63, 3.8) is 0 Å². The van der Waals surface area contributed by atoms with Crippen LogP contribution in [0.3, 0.4) is 0 Å². The largest absolute Gasteiger partial charge is 0.310 e. The average molecular weight is 290 g/mol. The Balaban J connectivity index is 1.76. The molecule has 1 aliphatic heterocycles. The summed E-state index contributed by atoms with van der Waals surface area (Å²) in [4.78, 5) is 19.7. The van der Waals surface area contributed by atoms with Gasteiger partial charge in [-0.2, -0.15) is 16.9 Å². The zero-order valence-electron chi connectivity index (χ0n) is 11.3. The van der Waals surface area contributed by atoms with Crippen molar-refractivity contribution >= 4 is 22.8 Å². The van der Waals surface area contributed by atoms with Crippen LogP contribution in [0.4, 0.5) is 0 Å². The zero-order chi connectivity index (χ0) is 13.5. The van der Waals surface area contributed by atoms with Crippen LogP contribution in [0.1, 0.15) is 37.5 Å². The smallest absolute Gasteiger partial charge is 0.262 e. The molecular weight excluding hydrogens is 272 g/mol. The molecule has 106 valence electrons. The lowest BCUT2D eigenvalue weighted by Crippen LogP contribution is -2.18. The minimum Gasteiger partial charge on any atom is -0.310 e. The van der Waals surface area contributed by atoms with Crippen LogP contribution < -0.4 is 5.56 Å². The number of hydrogen-bond donors (Lipinski definition) is 1. The van der Waals surface area contributed by atoms with Crippen LogP contribution in [-0.4, -0.2) is 31.3 Å². The molecular formula is C14H18N4OS. The van der Waals surface area contributed by atoms with Crippen LogP contribution in [0, 0.1) is 5.92 Å². The topological polar surface area (TPSA) is 63.6 Å². The molecule has 2 aromatic heterocycles. The van der Waals surface area contributed by atoms with E-state index in [9.17, 15) is 4.79 Å². The minimum atomic E-state index is -0.0397. The lowest BCUT2D eigenvalue weighted by Gasteiger charge is -2.22. The van der Waals surface area contributed by atoms with Crippen molar-refractivity contribution in [2.24, 2.45) is 5.92 Å². The van der Waals surface area contributed by atoms with Gasteiger partial charge in [-0.3, -0.25) is 4.79 Å². The molecule has 4 rings (SSSR count). The van der Waals surface area contributed by atoms with Gasteiger partial charge in [-0.25, -0.2) is 9.67 Å². The summed E-state index contributed by atoms with van der Waals surface area (Å²) in [7, 11) is 0. The van der Waals surface area contributed by atoms with Gasteiger partial charge in [0.2, 0.25) is 0 Å². The molecule has 0 aromatic carbocycles. The summed E-state index contributed by atoms with van der Waals surface area (Å²) < 4.78 is 1.99. The molecule has 2 aromatic rings. The Morgan fingerprint density at radius 2 is 2.10 bits per heavy atom. The van der Waals surface area contributed by atoms with Gasteiger partial charge in [-0.05, 0) is 43.1 Å². The van der Waals surface area contributed by atoms with Crippen LogP contribution in [0.5, 0.6) is 0 Å². The van der Waals surface area contributed by atoms with Gasteiger partial charge in [0.1, 0.15) is 11.2 Å². The molecule has 0 atom stereocenters. The van der Waals surface area contributed by atoms with Gasteiger partial charge in [-0.15, -0.1) is 0 Å². The van der Waals surface area contributed by atoms with E-state index in [4.69, 9.17) is 0 Å². The van der Waals surface area contributed by atoms with Gasteiger partial charge in [-0.1, -0.05) is 0 Å². The minimum absolute atomic E-state index is 0.0397. The number of rotatable bonds is 3. The molecule has 20 heavy (non-hydrogen) atoms. The second-order valence-electron chi connectivity index (χ2n) is 5.83. The average Bonchev–Trinajstić information content (AvgIpc) is 3.16. The van der Waals surface area contributed by atoms with E-state index < -0.39 is 0 Å². The van der Waals surface area contributed by atoms with E-state index in [-0.39, 0.29) is 5.56 Å². The van der Waals surface area contributed by atoms with E-state index in [1.165, 1.54) is 24.3 Å². The quantitative estimate of drug-likeness (QED) is 0.940. The van der Waals surface area contributed by atoms with Gasteiger partial charge in [0, 0.05) is 6.42 Å². The third-order valence-corrected chi connectivity index (χ3v) is 5.28. The molecule has 0 bridgehead atoms. The molecule has 0 spiro atoms. The lowest BCUT2D eigenvalue weighted by atomic mass is 10.1. The molecule has 1 aliphatic carbocycles. The number of thioether (sulfide) groups is 1. The van der Waals surface area contributed by atoms with Crippen LogP contribution in [0.15, 0.2) is 11.0 Å². The van der Waals surface area contributed by atoms with E-state index in [0.29, 0.717) is 11.4 Å². The lowest BCUT2D eigenvalue weighted by molar-refractivity contribution is 0.436. The Morgan fingerprint density at radius 1 is 1.30 bits per heavy atom. The summed E-state index contributed by atoms with van der Waals surface area (Å²) >= 11 is 1.99. The van der Waals surface area contributed by atoms with Crippen LogP contribution >= 0.6 is 11.8 Å². The number of nitrogens with one attached hydrogen (secondary N) is 1. The van der Waals surface area contributed by atoms with E-state index in [1.54, 1.807) is 6.20 Å². The molecule has 1 saturated heterocycles. The molecule has 2 aliphatic rings. The number of aromatic amines is 1. The first-order valence-corrected chi connectivity index (χ1v) is 8.51. The molecule has 3 heterocycles. The fraction of sp³-hybridized carbons (Fsp3) is 0.643. The summed E-state index contributed by atoms with van der Waals surface area (Å²) in [5, 5.41) is 5.07. The second-order valence-corrected chi connectivity index (χ2v) is 7.05. The zero-order valence-corrected chi connectivity index (χ0v) is 12.2. The van der Waals surface area contributed by atoms with Crippen molar-refractivity contribution in [2.75, 3.05) is 11.5 Å².